The fourth-order valence-electron chi connectivity index (χ4n) is 1.91. The second-order valence-corrected chi connectivity index (χ2v) is 5.36. The maximum Gasteiger partial charge on any atom is 0.238 e. The highest BCUT2D eigenvalue weighted by atomic mass is 32.2. The molecule has 1 heterocycles. The molecule has 0 atom stereocenters. The van der Waals surface area contributed by atoms with Gasteiger partial charge in [-0.15, -0.1) is 0 Å². The zero-order chi connectivity index (χ0) is 15.2. The average Bonchev–Trinajstić information content (AvgIpc) is 2.56. The zero-order valence-electron chi connectivity index (χ0n) is 11.8. The van der Waals surface area contributed by atoms with Crippen molar-refractivity contribution in [2.24, 2.45) is 0 Å². The van der Waals surface area contributed by atoms with Crippen LogP contribution in [0.2, 0.25) is 0 Å². The minimum atomic E-state index is 0.205. The smallest absolute Gasteiger partial charge is 0.238 e. The molecule has 1 aromatic heterocycles. The van der Waals surface area contributed by atoms with E-state index in [2.05, 4.69) is 31.8 Å². The number of nitrogen functional groups attached to an aromatic ring is 1. The molecule has 0 bridgehead atoms. The molecular weight excluding hydrogens is 294 g/mol. The van der Waals surface area contributed by atoms with Crippen molar-refractivity contribution in [3.8, 4) is 11.4 Å². The van der Waals surface area contributed by atoms with E-state index in [9.17, 15) is 0 Å². The summed E-state index contributed by atoms with van der Waals surface area (Å²) in [5, 5.41) is 0. The largest absolute Gasteiger partial charge is 0.368 e. The summed E-state index contributed by atoms with van der Waals surface area (Å²) in [5.41, 5.74) is 7.91. The first kappa shape index (κ1) is 14.3. The summed E-state index contributed by atoms with van der Waals surface area (Å²) < 4.78 is 3.12. The summed E-state index contributed by atoms with van der Waals surface area (Å²) in [5.74, 6) is 2.05. The molecule has 0 fully saturated rings. The van der Waals surface area contributed by atoms with Gasteiger partial charge in [-0.3, -0.25) is 4.72 Å². The lowest BCUT2D eigenvalue weighted by Crippen LogP contribution is -2.04. The van der Waals surface area contributed by atoms with Crippen LogP contribution in [0.5, 0.6) is 0 Å². The molecule has 5 nitrogen and oxygen atoms in total. The maximum absolute atomic E-state index is 5.77. The van der Waals surface area contributed by atoms with Gasteiger partial charge < -0.3 is 5.73 Å². The summed E-state index contributed by atoms with van der Waals surface area (Å²) in [4.78, 5) is 12.7. The minimum Gasteiger partial charge on any atom is -0.368 e. The number of nitrogens with zero attached hydrogens (tertiary/aromatic N) is 3. The first-order valence-corrected chi connectivity index (χ1v) is 7.78. The molecule has 22 heavy (non-hydrogen) atoms. The van der Waals surface area contributed by atoms with Crippen molar-refractivity contribution in [2.45, 2.75) is 5.75 Å². The third kappa shape index (κ3) is 3.73. The van der Waals surface area contributed by atoms with Crippen LogP contribution in [0.25, 0.3) is 11.4 Å². The average molecular weight is 309 g/mol. The molecule has 0 aliphatic heterocycles. The van der Waals surface area contributed by atoms with E-state index in [0.717, 1.165) is 11.3 Å². The molecule has 2 aromatic carbocycles. The van der Waals surface area contributed by atoms with Gasteiger partial charge in [-0.05, 0) is 17.5 Å². The highest BCUT2D eigenvalue weighted by Crippen LogP contribution is 2.19. The summed E-state index contributed by atoms with van der Waals surface area (Å²) in [6.07, 6.45) is 0. The van der Waals surface area contributed by atoms with Crippen LogP contribution in [0.4, 0.5) is 11.9 Å². The van der Waals surface area contributed by atoms with Gasteiger partial charge in [0, 0.05) is 11.3 Å². The Hall–Kier alpha value is -2.60. The third-order valence-corrected chi connectivity index (χ3v) is 3.73. The zero-order valence-corrected chi connectivity index (χ0v) is 12.6. The van der Waals surface area contributed by atoms with Crippen LogP contribution < -0.4 is 10.5 Å². The number of hydrogen-bond donors (Lipinski definition) is 2. The summed E-state index contributed by atoms with van der Waals surface area (Å²) in [6.45, 7) is 0. The van der Waals surface area contributed by atoms with Crippen molar-refractivity contribution in [2.75, 3.05) is 10.5 Å². The number of anilines is 2. The quantitative estimate of drug-likeness (QED) is 0.704. The van der Waals surface area contributed by atoms with E-state index in [1.54, 1.807) is 0 Å². The fraction of sp³-hybridized carbons (Fsp3) is 0.0625. The second kappa shape index (κ2) is 6.91. The Morgan fingerprint density at radius 3 is 2.27 bits per heavy atom. The number of aromatic nitrogens is 3. The van der Waals surface area contributed by atoms with Gasteiger partial charge in [0.15, 0.2) is 5.82 Å². The van der Waals surface area contributed by atoms with Crippen molar-refractivity contribution in [1.82, 2.24) is 15.0 Å². The van der Waals surface area contributed by atoms with Crippen molar-refractivity contribution in [3.05, 3.63) is 66.2 Å². The molecule has 0 amide bonds. The number of benzene rings is 2. The molecule has 0 saturated carbocycles. The van der Waals surface area contributed by atoms with Crippen LogP contribution in [0, 0.1) is 0 Å². The molecule has 0 radical (unpaired) electrons. The lowest BCUT2D eigenvalue weighted by Gasteiger charge is -2.07. The Kier molecular flexibility index (Phi) is 4.50. The summed E-state index contributed by atoms with van der Waals surface area (Å²) in [6, 6.07) is 19.9. The van der Waals surface area contributed by atoms with Crippen LogP contribution in [-0.4, -0.2) is 15.0 Å². The lowest BCUT2D eigenvalue weighted by atomic mass is 10.2. The van der Waals surface area contributed by atoms with Crippen LogP contribution in [0.3, 0.4) is 0 Å². The molecule has 0 aliphatic carbocycles. The van der Waals surface area contributed by atoms with E-state index >= 15 is 0 Å². The number of nitrogens with two attached hydrogens (primary N) is 1. The van der Waals surface area contributed by atoms with Gasteiger partial charge in [-0.25, -0.2) is 0 Å². The Labute approximate surface area is 133 Å². The Morgan fingerprint density at radius 1 is 0.864 bits per heavy atom. The standard InChI is InChI=1S/C16H15N5S/c17-15-18-14(13-9-5-2-6-10-13)19-16(20-15)21-22-11-12-7-3-1-4-8-12/h1-10H,11H2,(H3,17,18,19,20,21). The van der Waals surface area contributed by atoms with Gasteiger partial charge in [0.25, 0.3) is 0 Å². The van der Waals surface area contributed by atoms with Crippen LogP contribution in [0.15, 0.2) is 60.7 Å². The van der Waals surface area contributed by atoms with Gasteiger partial charge in [0.05, 0.1) is 0 Å². The van der Waals surface area contributed by atoms with Crippen molar-refractivity contribution >= 4 is 23.8 Å². The molecule has 110 valence electrons. The molecule has 0 unspecified atom stereocenters. The van der Waals surface area contributed by atoms with Gasteiger partial charge in [0.2, 0.25) is 11.9 Å². The summed E-state index contributed by atoms with van der Waals surface area (Å²) in [7, 11) is 0. The SMILES string of the molecule is Nc1nc(NSCc2ccccc2)nc(-c2ccccc2)n1. The topological polar surface area (TPSA) is 76.7 Å². The predicted molar refractivity (Wildman–Crippen MR) is 91.0 cm³/mol. The second-order valence-electron chi connectivity index (χ2n) is 4.58. The molecule has 0 saturated heterocycles. The Balaban J connectivity index is 1.70. The van der Waals surface area contributed by atoms with E-state index in [-0.39, 0.29) is 5.95 Å². The molecule has 0 spiro atoms. The highest BCUT2D eigenvalue weighted by molar-refractivity contribution is 7.99. The van der Waals surface area contributed by atoms with Crippen LogP contribution >= 0.6 is 11.9 Å². The molecule has 3 aromatic rings. The minimum absolute atomic E-state index is 0.205. The summed E-state index contributed by atoms with van der Waals surface area (Å²) >= 11 is 1.51. The fourth-order valence-corrected chi connectivity index (χ4v) is 2.56. The molecule has 6 heteroatoms. The molecule has 3 rings (SSSR count). The van der Waals surface area contributed by atoms with E-state index in [0.29, 0.717) is 11.8 Å². The normalized spacial score (nSPS) is 10.4. The van der Waals surface area contributed by atoms with Crippen molar-refractivity contribution < 1.29 is 0 Å². The maximum atomic E-state index is 5.77. The van der Waals surface area contributed by atoms with Crippen LogP contribution in [0.1, 0.15) is 5.56 Å². The van der Waals surface area contributed by atoms with Crippen molar-refractivity contribution in [3.63, 3.8) is 0 Å². The lowest BCUT2D eigenvalue weighted by molar-refractivity contribution is 1.09. The van der Waals surface area contributed by atoms with E-state index in [4.69, 9.17) is 5.73 Å². The number of rotatable bonds is 5. The van der Waals surface area contributed by atoms with Gasteiger partial charge in [-0.1, -0.05) is 60.7 Å². The van der Waals surface area contributed by atoms with Crippen LogP contribution in [-0.2, 0) is 5.75 Å². The monoisotopic (exact) mass is 309 g/mol. The molecular formula is C16H15N5S. The van der Waals surface area contributed by atoms with E-state index < -0.39 is 0 Å². The predicted octanol–water partition coefficient (Wildman–Crippen LogP) is 3.38. The highest BCUT2D eigenvalue weighted by Gasteiger charge is 2.06. The first-order chi connectivity index (χ1) is 10.8. The van der Waals surface area contributed by atoms with Gasteiger partial charge in [-0.2, -0.15) is 15.0 Å². The van der Waals surface area contributed by atoms with E-state index in [1.807, 2.05) is 48.5 Å². The number of hydrogen-bond acceptors (Lipinski definition) is 6. The molecule has 3 N–H and O–H groups in total. The Bertz CT molecular complexity index is 734. The first-order valence-electron chi connectivity index (χ1n) is 6.80. The number of nitrogens with one attached hydrogen (secondary N) is 1. The molecule has 0 aliphatic rings. The van der Waals surface area contributed by atoms with Crippen molar-refractivity contribution in [1.29, 1.82) is 0 Å². The third-order valence-electron chi connectivity index (χ3n) is 2.93. The van der Waals surface area contributed by atoms with Gasteiger partial charge in [0.1, 0.15) is 0 Å². The Morgan fingerprint density at radius 2 is 1.55 bits per heavy atom. The van der Waals surface area contributed by atoms with Gasteiger partial charge >= 0.3 is 0 Å². The van der Waals surface area contributed by atoms with E-state index in [1.165, 1.54) is 17.5 Å².